The molecule has 0 saturated heterocycles. The van der Waals surface area contributed by atoms with Gasteiger partial charge in [0, 0.05) is 22.4 Å². The molecule has 1 aliphatic rings. The first-order chi connectivity index (χ1) is 9.26. The van der Waals surface area contributed by atoms with Gasteiger partial charge >= 0.3 is 0 Å². The summed E-state index contributed by atoms with van der Waals surface area (Å²) in [6.07, 6.45) is 5.11. The Kier molecular flexibility index (Phi) is 3.57. The number of aromatic nitrogens is 2. The number of thioether (sulfide) groups is 1. The molecule has 4 nitrogen and oxygen atoms in total. The average Bonchev–Trinajstić information content (AvgIpc) is 3.07. The molecule has 1 saturated carbocycles. The Bertz CT molecular complexity index is 552. The summed E-state index contributed by atoms with van der Waals surface area (Å²) in [5.41, 5.74) is 6.92. The third-order valence-electron chi connectivity index (χ3n) is 3.61. The Morgan fingerprint density at radius 2 is 2.05 bits per heavy atom. The van der Waals surface area contributed by atoms with Crippen molar-refractivity contribution in [3.8, 4) is 11.4 Å². The van der Waals surface area contributed by atoms with Gasteiger partial charge in [0.1, 0.15) is 0 Å². The molecule has 5 heteroatoms. The Balaban J connectivity index is 1.80. The highest BCUT2D eigenvalue weighted by Gasteiger charge is 2.27. The fourth-order valence-electron chi connectivity index (χ4n) is 2.50. The lowest BCUT2D eigenvalue weighted by Crippen LogP contribution is -2.14. The minimum absolute atomic E-state index is 0.279. The highest BCUT2D eigenvalue weighted by molar-refractivity contribution is 7.98. The van der Waals surface area contributed by atoms with E-state index in [9.17, 15) is 0 Å². The minimum Gasteiger partial charge on any atom is -0.339 e. The summed E-state index contributed by atoms with van der Waals surface area (Å²) in [5.74, 6) is 1.74. The molecule has 0 aliphatic heterocycles. The molecule has 1 fully saturated rings. The van der Waals surface area contributed by atoms with Crippen LogP contribution in [0, 0.1) is 0 Å². The predicted octanol–water partition coefficient (Wildman–Crippen LogP) is 3.05. The molecule has 1 aromatic carbocycles. The maximum atomic E-state index is 5.92. The van der Waals surface area contributed by atoms with Gasteiger partial charge in [-0.25, -0.2) is 0 Å². The standard InChI is InChI=1S/C14H17N3OS/c1-19-12-6-3-9(4-7-12)13-16-14(18-17-13)10-2-5-11(15)8-10/h3-4,6-7,10-11H,2,5,8,15H2,1H3. The van der Waals surface area contributed by atoms with Gasteiger partial charge in [0.25, 0.3) is 0 Å². The summed E-state index contributed by atoms with van der Waals surface area (Å²) < 4.78 is 5.39. The summed E-state index contributed by atoms with van der Waals surface area (Å²) in [6.45, 7) is 0. The number of benzene rings is 1. The van der Waals surface area contributed by atoms with Gasteiger partial charge in [-0.05, 0) is 49.8 Å². The number of hydrogen-bond donors (Lipinski definition) is 1. The smallest absolute Gasteiger partial charge is 0.230 e. The molecular formula is C14H17N3OS. The molecular weight excluding hydrogens is 258 g/mol. The van der Waals surface area contributed by atoms with Crippen molar-refractivity contribution >= 4 is 11.8 Å². The highest BCUT2D eigenvalue weighted by Crippen LogP contribution is 2.33. The van der Waals surface area contributed by atoms with E-state index in [1.165, 1.54) is 4.90 Å². The van der Waals surface area contributed by atoms with Gasteiger partial charge < -0.3 is 10.3 Å². The first-order valence-electron chi connectivity index (χ1n) is 6.50. The van der Waals surface area contributed by atoms with Crippen molar-refractivity contribution in [3.63, 3.8) is 0 Å². The first kappa shape index (κ1) is 12.7. The Labute approximate surface area is 116 Å². The van der Waals surface area contributed by atoms with Gasteiger partial charge in [-0.15, -0.1) is 11.8 Å². The van der Waals surface area contributed by atoms with Crippen LogP contribution in [0.2, 0.25) is 0 Å². The lowest BCUT2D eigenvalue weighted by molar-refractivity contribution is 0.353. The zero-order chi connectivity index (χ0) is 13.2. The van der Waals surface area contributed by atoms with E-state index in [-0.39, 0.29) is 6.04 Å². The highest BCUT2D eigenvalue weighted by atomic mass is 32.2. The second kappa shape index (κ2) is 5.35. The normalized spacial score (nSPS) is 22.8. The van der Waals surface area contributed by atoms with Gasteiger partial charge in [0.2, 0.25) is 11.7 Å². The molecule has 1 aliphatic carbocycles. The molecule has 2 unspecified atom stereocenters. The van der Waals surface area contributed by atoms with Crippen molar-refractivity contribution in [2.24, 2.45) is 5.73 Å². The molecule has 2 atom stereocenters. The third-order valence-corrected chi connectivity index (χ3v) is 4.36. The van der Waals surface area contributed by atoms with Crippen molar-refractivity contribution < 1.29 is 4.52 Å². The average molecular weight is 275 g/mol. The van der Waals surface area contributed by atoms with Crippen LogP contribution in [0.4, 0.5) is 0 Å². The molecule has 1 aromatic heterocycles. The van der Waals surface area contributed by atoms with Crippen molar-refractivity contribution in [3.05, 3.63) is 30.2 Å². The van der Waals surface area contributed by atoms with Crippen LogP contribution in [0.3, 0.4) is 0 Å². The third kappa shape index (κ3) is 2.67. The van der Waals surface area contributed by atoms with Crippen LogP contribution >= 0.6 is 11.8 Å². The van der Waals surface area contributed by atoms with E-state index < -0.39 is 0 Å². The maximum Gasteiger partial charge on any atom is 0.230 e. The fourth-order valence-corrected chi connectivity index (χ4v) is 2.91. The molecule has 0 amide bonds. The molecule has 19 heavy (non-hydrogen) atoms. The Hall–Kier alpha value is -1.33. The van der Waals surface area contributed by atoms with Crippen LogP contribution in [0.15, 0.2) is 33.7 Å². The van der Waals surface area contributed by atoms with E-state index in [0.29, 0.717) is 11.7 Å². The van der Waals surface area contributed by atoms with E-state index >= 15 is 0 Å². The largest absolute Gasteiger partial charge is 0.339 e. The summed E-state index contributed by atoms with van der Waals surface area (Å²) in [5, 5.41) is 4.08. The van der Waals surface area contributed by atoms with Crippen LogP contribution in [0.25, 0.3) is 11.4 Å². The second-order valence-corrected chi connectivity index (χ2v) is 5.83. The summed E-state index contributed by atoms with van der Waals surface area (Å²) in [4.78, 5) is 5.74. The summed E-state index contributed by atoms with van der Waals surface area (Å²) >= 11 is 1.72. The zero-order valence-corrected chi connectivity index (χ0v) is 11.7. The number of nitrogens with two attached hydrogens (primary N) is 1. The lowest BCUT2D eigenvalue weighted by atomic mass is 10.1. The maximum absolute atomic E-state index is 5.92. The number of rotatable bonds is 3. The topological polar surface area (TPSA) is 64.9 Å². The molecule has 0 spiro atoms. The lowest BCUT2D eigenvalue weighted by Gasteiger charge is -2.01. The molecule has 2 aromatic rings. The van der Waals surface area contributed by atoms with Crippen molar-refractivity contribution in [2.75, 3.05) is 6.26 Å². The zero-order valence-electron chi connectivity index (χ0n) is 10.9. The predicted molar refractivity (Wildman–Crippen MR) is 76.1 cm³/mol. The monoisotopic (exact) mass is 275 g/mol. The van der Waals surface area contributed by atoms with Gasteiger partial charge in [-0.2, -0.15) is 4.98 Å². The van der Waals surface area contributed by atoms with Gasteiger partial charge in [-0.1, -0.05) is 5.16 Å². The molecule has 0 bridgehead atoms. The molecule has 3 rings (SSSR count). The summed E-state index contributed by atoms with van der Waals surface area (Å²) in [7, 11) is 0. The molecule has 100 valence electrons. The van der Waals surface area contributed by atoms with Crippen LogP contribution in [0.5, 0.6) is 0 Å². The van der Waals surface area contributed by atoms with Crippen LogP contribution < -0.4 is 5.73 Å². The SMILES string of the molecule is CSc1ccc(-c2noc(C3CCC(N)C3)n2)cc1. The Morgan fingerprint density at radius 1 is 1.26 bits per heavy atom. The van der Waals surface area contributed by atoms with E-state index in [0.717, 1.165) is 30.7 Å². The van der Waals surface area contributed by atoms with Gasteiger partial charge in [0.15, 0.2) is 0 Å². The number of nitrogens with zero attached hydrogens (tertiary/aromatic N) is 2. The van der Waals surface area contributed by atoms with Crippen molar-refractivity contribution in [2.45, 2.75) is 36.1 Å². The van der Waals surface area contributed by atoms with Gasteiger partial charge in [0.05, 0.1) is 0 Å². The fraction of sp³-hybridized carbons (Fsp3) is 0.429. The quantitative estimate of drug-likeness (QED) is 0.872. The Morgan fingerprint density at radius 3 is 2.68 bits per heavy atom. The van der Waals surface area contributed by atoms with Gasteiger partial charge in [-0.3, -0.25) is 0 Å². The first-order valence-corrected chi connectivity index (χ1v) is 7.72. The number of hydrogen-bond acceptors (Lipinski definition) is 5. The minimum atomic E-state index is 0.279. The molecule has 1 heterocycles. The van der Waals surface area contributed by atoms with Crippen molar-refractivity contribution in [1.82, 2.24) is 10.1 Å². The van der Waals surface area contributed by atoms with Crippen LogP contribution in [-0.4, -0.2) is 22.4 Å². The molecule has 0 radical (unpaired) electrons. The van der Waals surface area contributed by atoms with E-state index in [2.05, 4.69) is 28.5 Å². The van der Waals surface area contributed by atoms with Crippen LogP contribution in [-0.2, 0) is 0 Å². The van der Waals surface area contributed by atoms with E-state index in [1.54, 1.807) is 11.8 Å². The van der Waals surface area contributed by atoms with Crippen LogP contribution in [0.1, 0.15) is 31.1 Å². The van der Waals surface area contributed by atoms with Crippen molar-refractivity contribution in [1.29, 1.82) is 0 Å². The summed E-state index contributed by atoms with van der Waals surface area (Å²) in [6, 6.07) is 8.48. The van der Waals surface area contributed by atoms with E-state index in [4.69, 9.17) is 10.3 Å². The second-order valence-electron chi connectivity index (χ2n) is 4.95. The molecule has 2 N–H and O–H groups in total. The van der Waals surface area contributed by atoms with E-state index in [1.807, 2.05) is 12.1 Å².